The SMILES string of the molecule is Cc1cc(C)cc(N2C(=S)N[C@@H](c3ccccn3)[C@H]2c2cccn2-c2ccc(Cl)cc2Cl)c1. The lowest BCUT2D eigenvalue weighted by molar-refractivity contribution is 0.549. The topological polar surface area (TPSA) is 33.1 Å². The Morgan fingerprint density at radius 2 is 1.73 bits per heavy atom. The number of anilines is 1. The van der Waals surface area contributed by atoms with E-state index in [0.717, 1.165) is 22.8 Å². The third-order valence-electron chi connectivity index (χ3n) is 5.84. The van der Waals surface area contributed by atoms with Crippen molar-refractivity contribution >= 4 is 46.2 Å². The van der Waals surface area contributed by atoms with Gasteiger partial charge in [0.05, 0.1) is 22.4 Å². The van der Waals surface area contributed by atoms with Crippen LogP contribution >= 0.6 is 35.4 Å². The van der Waals surface area contributed by atoms with Crippen molar-refractivity contribution in [3.05, 3.63) is 112 Å². The highest BCUT2D eigenvalue weighted by atomic mass is 35.5. The van der Waals surface area contributed by atoms with Gasteiger partial charge in [0, 0.05) is 28.8 Å². The van der Waals surface area contributed by atoms with Crippen LogP contribution in [0.4, 0.5) is 5.69 Å². The molecule has 0 aliphatic carbocycles. The Kier molecular flexibility index (Phi) is 5.87. The molecule has 4 nitrogen and oxygen atoms in total. The molecule has 0 saturated carbocycles. The molecule has 0 amide bonds. The van der Waals surface area contributed by atoms with E-state index >= 15 is 0 Å². The van der Waals surface area contributed by atoms with E-state index in [1.54, 1.807) is 6.07 Å². The van der Waals surface area contributed by atoms with E-state index in [1.165, 1.54) is 11.1 Å². The van der Waals surface area contributed by atoms with Gasteiger partial charge in [0.15, 0.2) is 5.11 Å². The minimum atomic E-state index is -0.143. The van der Waals surface area contributed by atoms with E-state index < -0.39 is 0 Å². The van der Waals surface area contributed by atoms with E-state index in [-0.39, 0.29) is 12.1 Å². The maximum absolute atomic E-state index is 6.60. The van der Waals surface area contributed by atoms with Crippen molar-refractivity contribution in [2.75, 3.05) is 4.90 Å². The third-order valence-corrected chi connectivity index (χ3v) is 6.69. The van der Waals surface area contributed by atoms with Gasteiger partial charge in [0.25, 0.3) is 0 Å². The number of aromatic nitrogens is 2. The predicted octanol–water partition coefficient (Wildman–Crippen LogP) is 6.97. The Hall–Kier alpha value is -2.86. The molecule has 5 rings (SSSR count). The van der Waals surface area contributed by atoms with Gasteiger partial charge in [0.2, 0.25) is 0 Å². The molecule has 2 atom stereocenters. The first kappa shape index (κ1) is 22.0. The highest BCUT2D eigenvalue weighted by Gasteiger charge is 2.42. The first-order chi connectivity index (χ1) is 15.9. The van der Waals surface area contributed by atoms with Crippen molar-refractivity contribution in [3.63, 3.8) is 0 Å². The molecule has 0 radical (unpaired) electrons. The summed E-state index contributed by atoms with van der Waals surface area (Å²) in [4.78, 5) is 6.83. The van der Waals surface area contributed by atoms with Crippen molar-refractivity contribution in [2.45, 2.75) is 25.9 Å². The zero-order valence-electron chi connectivity index (χ0n) is 18.2. The van der Waals surface area contributed by atoms with Crippen LogP contribution in [0.3, 0.4) is 0 Å². The van der Waals surface area contributed by atoms with Gasteiger partial charge in [-0.15, -0.1) is 0 Å². The van der Waals surface area contributed by atoms with Gasteiger partial charge < -0.3 is 14.8 Å². The average molecular weight is 493 g/mol. The maximum Gasteiger partial charge on any atom is 0.174 e. The van der Waals surface area contributed by atoms with E-state index in [4.69, 9.17) is 35.4 Å². The number of benzene rings is 2. The fourth-order valence-corrected chi connectivity index (χ4v) is 5.40. The van der Waals surface area contributed by atoms with Crippen LogP contribution in [0.2, 0.25) is 10.0 Å². The number of hydrogen-bond donors (Lipinski definition) is 1. The molecular weight excluding hydrogens is 471 g/mol. The molecule has 166 valence electrons. The quantitative estimate of drug-likeness (QED) is 0.311. The van der Waals surface area contributed by atoms with Crippen molar-refractivity contribution < 1.29 is 0 Å². The van der Waals surface area contributed by atoms with Crippen LogP contribution in [0.5, 0.6) is 0 Å². The third kappa shape index (κ3) is 4.12. The zero-order chi connectivity index (χ0) is 23.1. The Balaban J connectivity index is 1.70. The van der Waals surface area contributed by atoms with Crippen LogP contribution in [0, 0.1) is 13.8 Å². The summed E-state index contributed by atoms with van der Waals surface area (Å²) >= 11 is 18.6. The lowest BCUT2D eigenvalue weighted by Gasteiger charge is -2.29. The molecule has 2 aromatic carbocycles. The van der Waals surface area contributed by atoms with Gasteiger partial charge in [-0.05, 0) is 91.8 Å². The van der Waals surface area contributed by atoms with E-state index in [2.05, 4.69) is 57.9 Å². The zero-order valence-corrected chi connectivity index (χ0v) is 20.5. The van der Waals surface area contributed by atoms with E-state index in [9.17, 15) is 0 Å². The summed E-state index contributed by atoms with van der Waals surface area (Å²) in [6.07, 6.45) is 3.83. The second-order valence-corrected chi connectivity index (χ2v) is 9.47. The molecule has 1 fully saturated rings. The summed E-state index contributed by atoms with van der Waals surface area (Å²) in [5, 5.41) is 5.37. The van der Waals surface area contributed by atoms with Gasteiger partial charge in [-0.25, -0.2) is 0 Å². The Bertz CT molecular complexity index is 1320. The summed E-state index contributed by atoms with van der Waals surface area (Å²) in [5.74, 6) is 0. The Labute approximate surface area is 208 Å². The average Bonchev–Trinajstić information content (AvgIpc) is 3.37. The summed E-state index contributed by atoms with van der Waals surface area (Å²) < 4.78 is 2.10. The van der Waals surface area contributed by atoms with Crippen molar-refractivity contribution in [3.8, 4) is 5.69 Å². The molecule has 33 heavy (non-hydrogen) atoms. The van der Waals surface area contributed by atoms with Gasteiger partial charge in [0.1, 0.15) is 6.04 Å². The number of thiocarbonyl (C=S) groups is 1. The number of hydrogen-bond acceptors (Lipinski definition) is 2. The van der Waals surface area contributed by atoms with E-state index in [0.29, 0.717) is 15.2 Å². The molecule has 1 aliphatic rings. The fourth-order valence-electron chi connectivity index (χ4n) is 4.55. The Morgan fingerprint density at radius 1 is 0.939 bits per heavy atom. The summed E-state index contributed by atoms with van der Waals surface area (Å²) in [7, 11) is 0. The smallest absolute Gasteiger partial charge is 0.174 e. The highest BCUT2D eigenvalue weighted by Crippen LogP contribution is 2.43. The molecule has 1 saturated heterocycles. The molecule has 1 N–H and O–H groups in total. The first-order valence-corrected chi connectivity index (χ1v) is 11.8. The van der Waals surface area contributed by atoms with Crippen LogP contribution in [-0.4, -0.2) is 14.7 Å². The highest BCUT2D eigenvalue weighted by molar-refractivity contribution is 7.80. The molecule has 4 aromatic rings. The number of halogens is 2. The standard InChI is InChI=1S/C26H22Cl2N4S/c1-16-12-17(2)14-19(13-16)32-25(24(30-26(32)33)21-6-3-4-10-29-21)23-7-5-11-31(23)22-9-8-18(27)15-20(22)28/h3-15,24-25H,1-2H3,(H,30,33)/t24-,25+/m0/s1. The molecule has 1 aliphatic heterocycles. The van der Waals surface area contributed by atoms with Crippen LogP contribution in [0.25, 0.3) is 5.69 Å². The van der Waals surface area contributed by atoms with E-state index in [1.807, 2.05) is 48.8 Å². The molecule has 0 spiro atoms. The van der Waals surface area contributed by atoms with Crippen molar-refractivity contribution in [1.82, 2.24) is 14.9 Å². The van der Waals surface area contributed by atoms with Crippen molar-refractivity contribution in [1.29, 1.82) is 0 Å². The second-order valence-electron chi connectivity index (χ2n) is 8.24. The molecule has 0 unspecified atom stereocenters. The number of rotatable bonds is 4. The normalized spacial score (nSPS) is 17.9. The van der Waals surface area contributed by atoms with Crippen LogP contribution in [-0.2, 0) is 0 Å². The molecular formula is C26H22Cl2N4S. The van der Waals surface area contributed by atoms with Gasteiger partial charge in [-0.1, -0.05) is 35.3 Å². The Morgan fingerprint density at radius 3 is 2.42 bits per heavy atom. The molecule has 0 bridgehead atoms. The van der Waals surface area contributed by atoms with Crippen LogP contribution < -0.4 is 10.2 Å². The maximum atomic E-state index is 6.60. The molecule has 2 aromatic heterocycles. The molecule has 3 heterocycles. The lowest BCUT2D eigenvalue weighted by atomic mass is 10.00. The minimum Gasteiger partial charge on any atom is -0.351 e. The first-order valence-electron chi connectivity index (χ1n) is 10.6. The van der Waals surface area contributed by atoms with Crippen LogP contribution in [0.15, 0.2) is 79.1 Å². The number of pyridine rings is 1. The number of aryl methyl sites for hydroxylation is 2. The fraction of sp³-hybridized carbons (Fsp3) is 0.154. The summed E-state index contributed by atoms with van der Waals surface area (Å²) in [5.41, 5.74) is 6.24. The number of nitrogens with zero attached hydrogens (tertiary/aromatic N) is 3. The largest absolute Gasteiger partial charge is 0.351 e. The second kappa shape index (κ2) is 8.82. The molecule has 7 heteroatoms. The number of nitrogens with one attached hydrogen (secondary N) is 1. The van der Waals surface area contributed by atoms with Crippen LogP contribution in [0.1, 0.15) is 34.6 Å². The monoisotopic (exact) mass is 492 g/mol. The lowest BCUT2D eigenvalue weighted by Crippen LogP contribution is -2.30. The minimum absolute atomic E-state index is 0.140. The summed E-state index contributed by atoms with van der Waals surface area (Å²) in [6.45, 7) is 4.20. The summed E-state index contributed by atoms with van der Waals surface area (Å²) in [6, 6.07) is 21.8. The van der Waals surface area contributed by atoms with Gasteiger partial charge in [-0.3, -0.25) is 4.98 Å². The van der Waals surface area contributed by atoms with Gasteiger partial charge >= 0.3 is 0 Å². The predicted molar refractivity (Wildman–Crippen MR) is 140 cm³/mol. The van der Waals surface area contributed by atoms with Gasteiger partial charge in [-0.2, -0.15) is 0 Å². The van der Waals surface area contributed by atoms with Crippen molar-refractivity contribution in [2.24, 2.45) is 0 Å².